The molecule has 0 fully saturated rings. The van der Waals surface area contributed by atoms with E-state index < -0.39 is 5.97 Å². The topological polar surface area (TPSA) is 75.5 Å². The molecular formula is C14H16ClN3O4. The Morgan fingerprint density at radius 1 is 1.41 bits per heavy atom. The molecule has 22 heavy (non-hydrogen) atoms. The van der Waals surface area contributed by atoms with Crippen LogP contribution in [-0.2, 0) is 9.47 Å². The van der Waals surface area contributed by atoms with E-state index in [0.29, 0.717) is 22.2 Å². The van der Waals surface area contributed by atoms with Crippen LogP contribution in [0.2, 0.25) is 5.02 Å². The molecule has 2 rings (SSSR count). The number of methoxy groups -OCH3 is 1. The summed E-state index contributed by atoms with van der Waals surface area (Å²) in [5.74, 6) is -0.00644. The first-order valence-corrected chi connectivity index (χ1v) is 6.97. The number of rotatable bonds is 6. The molecule has 2 aromatic rings. The molecule has 0 aliphatic carbocycles. The summed E-state index contributed by atoms with van der Waals surface area (Å²) in [5.41, 5.74) is 1.41. The van der Waals surface area contributed by atoms with Crippen molar-refractivity contribution in [1.29, 1.82) is 0 Å². The van der Waals surface area contributed by atoms with Gasteiger partial charge < -0.3 is 14.2 Å². The predicted molar refractivity (Wildman–Crippen MR) is 79.6 cm³/mol. The van der Waals surface area contributed by atoms with Gasteiger partial charge in [-0.05, 0) is 32.0 Å². The smallest absolute Gasteiger partial charge is 0.360 e. The van der Waals surface area contributed by atoms with Gasteiger partial charge in [0.2, 0.25) is 0 Å². The largest absolute Gasteiger partial charge is 0.466 e. The lowest BCUT2D eigenvalue weighted by Crippen LogP contribution is -2.08. The summed E-state index contributed by atoms with van der Waals surface area (Å²) in [5, 5.41) is 8.23. The van der Waals surface area contributed by atoms with Crippen molar-refractivity contribution < 1.29 is 19.0 Å². The van der Waals surface area contributed by atoms with Gasteiger partial charge in [-0.15, -0.1) is 5.10 Å². The fraction of sp³-hybridized carbons (Fsp3) is 0.357. The van der Waals surface area contributed by atoms with Crippen molar-refractivity contribution in [2.75, 3.05) is 20.5 Å². The van der Waals surface area contributed by atoms with Crippen LogP contribution < -0.4 is 4.74 Å². The van der Waals surface area contributed by atoms with Crippen molar-refractivity contribution in [2.45, 2.75) is 13.8 Å². The number of hydrogen-bond donors (Lipinski definition) is 0. The minimum Gasteiger partial charge on any atom is -0.466 e. The molecule has 1 aromatic heterocycles. The molecule has 0 spiro atoms. The quantitative estimate of drug-likeness (QED) is 0.599. The number of aromatic nitrogens is 3. The summed E-state index contributed by atoms with van der Waals surface area (Å²) in [6, 6.07) is 5.12. The summed E-state index contributed by atoms with van der Waals surface area (Å²) in [4.78, 5) is 11.8. The van der Waals surface area contributed by atoms with E-state index in [1.807, 2.05) is 0 Å². The number of halogens is 1. The molecule has 0 aliphatic rings. The van der Waals surface area contributed by atoms with Crippen LogP contribution >= 0.6 is 11.6 Å². The van der Waals surface area contributed by atoms with Gasteiger partial charge in [-0.1, -0.05) is 16.8 Å². The van der Waals surface area contributed by atoms with Gasteiger partial charge in [0.25, 0.3) is 0 Å². The van der Waals surface area contributed by atoms with Crippen LogP contribution in [0.15, 0.2) is 18.2 Å². The minimum atomic E-state index is -0.502. The molecule has 0 unspecified atom stereocenters. The van der Waals surface area contributed by atoms with Crippen LogP contribution in [0.3, 0.4) is 0 Å². The zero-order valence-corrected chi connectivity index (χ0v) is 13.3. The van der Waals surface area contributed by atoms with Crippen LogP contribution in [0.5, 0.6) is 5.75 Å². The highest BCUT2D eigenvalue weighted by Gasteiger charge is 2.18. The second-order valence-corrected chi connectivity index (χ2v) is 4.73. The number of nitrogens with zero attached hydrogens (tertiary/aromatic N) is 3. The molecule has 1 heterocycles. The second-order valence-electron chi connectivity index (χ2n) is 4.32. The third-order valence-corrected chi connectivity index (χ3v) is 3.15. The van der Waals surface area contributed by atoms with Gasteiger partial charge in [0.05, 0.1) is 23.0 Å². The van der Waals surface area contributed by atoms with E-state index in [2.05, 4.69) is 10.3 Å². The summed E-state index contributed by atoms with van der Waals surface area (Å²) in [7, 11) is 1.53. The molecule has 0 atom stereocenters. The zero-order valence-electron chi connectivity index (χ0n) is 12.5. The van der Waals surface area contributed by atoms with E-state index in [1.165, 1.54) is 11.8 Å². The van der Waals surface area contributed by atoms with E-state index in [1.54, 1.807) is 32.0 Å². The van der Waals surface area contributed by atoms with E-state index in [4.69, 9.17) is 25.8 Å². The molecule has 0 saturated carbocycles. The normalized spacial score (nSPS) is 10.5. The van der Waals surface area contributed by atoms with Gasteiger partial charge in [0.1, 0.15) is 5.75 Å². The number of ether oxygens (including phenoxy) is 3. The molecule has 118 valence electrons. The third-order valence-electron chi connectivity index (χ3n) is 2.86. The van der Waals surface area contributed by atoms with E-state index in [-0.39, 0.29) is 19.1 Å². The van der Waals surface area contributed by atoms with Crippen LogP contribution in [0.25, 0.3) is 5.69 Å². The number of carbonyl (C=O) groups excluding carboxylic acids is 1. The Morgan fingerprint density at radius 2 is 2.18 bits per heavy atom. The van der Waals surface area contributed by atoms with E-state index >= 15 is 0 Å². The maximum Gasteiger partial charge on any atom is 0.360 e. The van der Waals surface area contributed by atoms with Gasteiger partial charge in [-0.2, -0.15) is 0 Å². The highest BCUT2D eigenvalue weighted by atomic mass is 35.5. The lowest BCUT2D eigenvalue weighted by atomic mass is 10.2. The first-order chi connectivity index (χ1) is 10.6. The Hall–Kier alpha value is -2.12. The van der Waals surface area contributed by atoms with Crippen molar-refractivity contribution in [3.63, 3.8) is 0 Å². The fourth-order valence-electron chi connectivity index (χ4n) is 1.82. The van der Waals surface area contributed by atoms with Gasteiger partial charge in [0.15, 0.2) is 12.5 Å². The standard InChI is InChI=1S/C14H16ClN3O4/c1-4-21-14(19)13-9(2)18(17-16-13)10-5-6-12(11(15)7-10)22-8-20-3/h5-7H,4,8H2,1-3H3. The average molecular weight is 326 g/mol. The third kappa shape index (κ3) is 3.37. The molecule has 8 heteroatoms. The Kier molecular flexibility index (Phi) is 5.35. The number of benzene rings is 1. The molecule has 7 nitrogen and oxygen atoms in total. The molecule has 0 saturated heterocycles. The first-order valence-electron chi connectivity index (χ1n) is 6.59. The molecule has 0 bridgehead atoms. The van der Waals surface area contributed by atoms with Crippen molar-refractivity contribution in [1.82, 2.24) is 15.0 Å². The van der Waals surface area contributed by atoms with Gasteiger partial charge in [-0.25, -0.2) is 9.48 Å². The first kappa shape index (κ1) is 16.3. The van der Waals surface area contributed by atoms with Gasteiger partial charge in [0, 0.05) is 7.11 Å². The Balaban J connectivity index is 2.29. The number of carbonyl (C=O) groups is 1. The second kappa shape index (κ2) is 7.24. The Labute approximate surface area is 132 Å². The summed E-state index contributed by atoms with van der Waals surface area (Å²) >= 11 is 6.15. The van der Waals surface area contributed by atoms with Gasteiger partial charge in [-0.3, -0.25) is 0 Å². The SMILES string of the molecule is CCOC(=O)c1nnn(-c2ccc(OCOC)c(Cl)c2)c1C. The van der Waals surface area contributed by atoms with Crippen molar-refractivity contribution in [3.8, 4) is 11.4 Å². The van der Waals surface area contributed by atoms with Crippen LogP contribution in [-0.4, -0.2) is 41.5 Å². The molecule has 1 aromatic carbocycles. The van der Waals surface area contributed by atoms with Crippen molar-refractivity contribution in [2.24, 2.45) is 0 Å². The maximum absolute atomic E-state index is 11.8. The highest BCUT2D eigenvalue weighted by Crippen LogP contribution is 2.27. The Morgan fingerprint density at radius 3 is 2.82 bits per heavy atom. The monoisotopic (exact) mass is 325 g/mol. The van der Waals surface area contributed by atoms with Crippen molar-refractivity contribution in [3.05, 3.63) is 34.6 Å². The summed E-state index contributed by atoms with van der Waals surface area (Å²) < 4.78 is 16.6. The van der Waals surface area contributed by atoms with Crippen molar-refractivity contribution >= 4 is 17.6 Å². The summed E-state index contributed by atoms with van der Waals surface area (Å²) in [6.45, 7) is 3.85. The molecule has 0 N–H and O–H groups in total. The predicted octanol–water partition coefficient (Wildman–Crippen LogP) is 2.39. The lowest BCUT2D eigenvalue weighted by molar-refractivity contribution is 0.0510. The molecular weight excluding hydrogens is 310 g/mol. The Bertz CT molecular complexity index is 672. The molecule has 0 amide bonds. The van der Waals surface area contributed by atoms with Crippen LogP contribution in [0.4, 0.5) is 0 Å². The highest BCUT2D eigenvalue weighted by molar-refractivity contribution is 6.32. The van der Waals surface area contributed by atoms with E-state index in [0.717, 1.165) is 0 Å². The zero-order chi connectivity index (χ0) is 16.1. The molecule has 0 radical (unpaired) electrons. The maximum atomic E-state index is 11.8. The van der Waals surface area contributed by atoms with Crippen LogP contribution in [0.1, 0.15) is 23.1 Å². The minimum absolute atomic E-state index is 0.106. The van der Waals surface area contributed by atoms with Gasteiger partial charge >= 0.3 is 5.97 Å². The fourth-order valence-corrected chi connectivity index (χ4v) is 2.05. The van der Waals surface area contributed by atoms with E-state index in [9.17, 15) is 4.79 Å². The lowest BCUT2D eigenvalue weighted by Gasteiger charge is -2.09. The number of hydrogen-bond acceptors (Lipinski definition) is 6. The summed E-state index contributed by atoms with van der Waals surface area (Å²) in [6.07, 6.45) is 0. The van der Waals surface area contributed by atoms with Crippen LogP contribution in [0, 0.1) is 6.92 Å². The average Bonchev–Trinajstić information content (AvgIpc) is 2.88. The molecule has 0 aliphatic heterocycles. The number of esters is 1.